The molecule has 0 N–H and O–H groups in total. The van der Waals surface area contributed by atoms with Crippen molar-refractivity contribution in [1.29, 1.82) is 0 Å². The number of rotatable bonds is 26. The summed E-state index contributed by atoms with van der Waals surface area (Å²) in [6, 6.07) is 0. The summed E-state index contributed by atoms with van der Waals surface area (Å²) in [6.07, 6.45) is 19.5. The molecule has 0 aliphatic carbocycles. The van der Waals surface area contributed by atoms with E-state index in [4.69, 9.17) is 30.5 Å². The minimum atomic E-state index is 0.530. The predicted octanol–water partition coefficient (Wildman–Crippen LogP) is 6.77. The molecular formula is C24H49ClO4. The lowest BCUT2D eigenvalue weighted by atomic mass is 10.0. The van der Waals surface area contributed by atoms with Gasteiger partial charge in [-0.1, -0.05) is 90.4 Å². The van der Waals surface area contributed by atoms with E-state index in [2.05, 4.69) is 6.92 Å². The van der Waals surface area contributed by atoms with Crippen LogP contribution in [0.2, 0.25) is 0 Å². The van der Waals surface area contributed by atoms with Crippen LogP contribution in [0.25, 0.3) is 0 Å². The fourth-order valence-electron chi connectivity index (χ4n) is 3.22. The Morgan fingerprint density at radius 1 is 0.379 bits per heavy atom. The van der Waals surface area contributed by atoms with Gasteiger partial charge in [0.15, 0.2) is 0 Å². The predicted molar refractivity (Wildman–Crippen MR) is 124 cm³/mol. The van der Waals surface area contributed by atoms with Gasteiger partial charge in [-0.25, -0.2) is 0 Å². The van der Waals surface area contributed by atoms with Crippen molar-refractivity contribution in [1.82, 2.24) is 0 Å². The Labute approximate surface area is 186 Å². The van der Waals surface area contributed by atoms with E-state index in [1.54, 1.807) is 0 Å². The first-order valence-electron chi connectivity index (χ1n) is 12.3. The van der Waals surface area contributed by atoms with E-state index < -0.39 is 0 Å². The topological polar surface area (TPSA) is 36.9 Å². The Bertz CT molecular complexity index is 254. The summed E-state index contributed by atoms with van der Waals surface area (Å²) in [6.45, 7) is 7.44. The molecule has 0 saturated heterocycles. The monoisotopic (exact) mass is 436 g/mol. The van der Waals surface area contributed by atoms with Gasteiger partial charge in [-0.3, -0.25) is 0 Å². The lowest BCUT2D eigenvalue weighted by Crippen LogP contribution is -2.12. The molecule has 0 saturated carbocycles. The maximum Gasteiger partial charge on any atom is 0.0701 e. The van der Waals surface area contributed by atoms with Gasteiger partial charge >= 0.3 is 0 Å². The van der Waals surface area contributed by atoms with Crippen molar-refractivity contribution < 1.29 is 18.9 Å². The molecule has 0 aliphatic heterocycles. The molecule has 0 aromatic carbocycles. The molecule has 0 fully saturated rings. The second kappa shape index (κ2) is 28.1. The van der Waals surface area contributed by atoms with Crippen LogP contribution >= 0.6 is 11.6 Å². The minimum absolute atomic E-state index is 0.530. The number of hydrogen-bond acceptors (Lipinski definition) is 4. The Morgan fingerprint density at radius 2 is 0.690 bits per heavy atom. The zero-order valence-electron chi connectivity index (χ0n) is 19.3. The van der Waals surface area contributed by atoms with E-state index in [1.165, 1.54) is 89.9 Å². The molecule has 176 valence electrons. The zero-order chi connectivity index (χ0) is 21.1. The Kier molecular flexibility index (Phi) is 28.3. The normalized spacial score (nSPS) is 11.4. The molecular weight excluding hydrogens is 388 g/mol. The maximum absolute atomic E-state index is 5.61. The third-order valence-electron chi connectivity index (χ3n) is 4.98. The van der Waals surface area contributed by atoms with Gasteiger partial charge in [0.25, 0.3) is 0 Å². The average Bonchev–Trinajstić information content (AvgIpc) is 2.74. The van der Waals surface area contributed by atoms with Gasteiger partial charge in [0.1, 0.15) is 0 Å². The molecule has 4 nitrogen and oxygen atoms in total. The highest BCUT2D eigenvalue weighted by atomic mass is 35.5. The smallest absolute Gasteiger partial charge is 0.0701 e. The first-order valence-corrected chi connectivity index (χ1v) is 12.8. The van der Waals surface area contributed by atoms with Gasteiger partial charge in [0.2, 0.25) is 0 Å². The summed E-state index contributed by atoms with van der Waals surface area (Å²) in [5.74, 6) is 0.530. The number of alkyl halides is 1. The van der Waals surface area contributed by atoms with Crippen molar-refractivity contribution in [3.63, 3.8) is 0 Å². The van der Waals surface area contributed by atoms with Crippen molar-refractivity contribution in [3.05, 3.63) is 0 Å². The highest BCUT2D eigenvalue weighted by molar-refractivity contribution is 6.17. The summed E-state index contributed by atoms with van der Waals surface area (Å²) in [7, 11) is 0. The van der Waals surface area contributed by atoms with E-state index in [0.717, 1.165) is 6.61 Å². The molecule has 0 aromatic rings. The van der Waals surface area contributed by atoms with Crippen molar-refractivity contribution in [2.75, 3.05) is 58.7 Å². The molecule has 0 spiro atoms. The number of halogens is 1. The fraction of sp³-hybridized carbons (Fsp3) is 1.00. The van der Waals surface area contributed by atoms with Crippen molar-refractivity contribution in [3.8, 4) is 0 Å². The Balaban J connectivity index is 2.97. The highest BCUT2D eigenvalue weighted by Gasteiger charge is 1.95. The Hall–Kier alpha value is 0.130. The van der Waals surface area contributed by atoms with E-state index >= 15 is 0 Å². The molecule has 0 aliphatic rings. The second-order valence-corrected chi connectivity index (χ2v) is 8.11. The number of hydrogen-bond donors (Lipinski definition) is 0. The summed E-state index contributed by atoms with van der Waals surface area (Å²) < 4.78 is 21.7. The summed E-state index contributed by atoms with van der Waals surface area (Å²) in [5.41, 5.74) is 0. The molecule has 0 aromatic heterocycles. The van der Waals surface area contributed by atoms with E-state index in [-0.39, 0.29) is 0 Å². The summed E-state index contributed by atoms with van der Waals surface area (Å²) in [4.78, 5) is 0. The van der Waals surface area contributed by atoms with Gasteiger partial charge in [0.05, 0.1) is 46.2 Å². The summed E-state index contributed by atoms with van der Waals surface area (Å²) >= 11 is 5.51. The molecule has 29 heavy (non-hydrogen) atoms. The fourth-order valence-corrected chi connectivity index (χ4v) is 3.32. The van der Waals surface area contributed by atoms with E-state index in [1.807, 2.05) is 0 Å². The van der Waals surface area contributed by atoms with Gasteiger partial charge in [-0.05, 0) is 6.42 Å². The van der Waals surface area contributed by atoms with Crippen LogP contribution in [0.3, 0.4) is 0 Å². The number of ether oxygens (including phenoxy) is 4. The van der Waals surface area contributed by atoms with Crippen LogP contribution in [-0.2, 0) is 18.9 Å². The van der Waals surface area contributed by atoms with Gasteiger partial charge in [-0.2, -0.15) is 0 Å². The van der Waals surface area contributed by atoms with Crippen LogP contribution in [-0.4, -0.2) is 58.7 Å². The SMILES string of the molecule is CCCCCCCCCCCCCCCCOCCOCCOCCOCCCl. The van der Waals surface area contributed by atoms with Gasteiger partial charge in [-0.15, -0.1) is 11.6 Å². The van der Waals surface area contributed by atoms with Crippen LogP contribution in [0.1, 0.15) is 96.8 Å². The minimum Gasteiger partial charge on any atom is -0.379 e. The molecule has 5 heteroatoms. The molecule has 0 rings (SSSR count). The van der Waals surface area contributed by atoms with Crippen LogP contribution in [0, 0.1) is 0 Å². The van der Waals surface area contributed by atoms with E-state index in [9.17, 15) is 0 Å². The molecule has 0 radical (unpaired) electrons. The third kappa shape index (κ3) is 28.1. The van der Waals surface area contributed by atoms with Crippen molar-refractivity contribution in [2.24, 2.45) is 0 Å². The molecule has 0 atom stereocenters. The van der Waals surface area contributed by atoms with Crippen molar-refractivity contribution >= 4 is 11.6 Å². The van der Waals surface area contributed by atoms with Crippen LogP contribution in [0.15, 0.2) is 0 Å². The third-order valence-corrected chi connectivity index (χ3v) is 5.13. The second-order valence-electron chi connectivity index (χ2n) is 7.73. The number of unbranched alkanes of at least 4 members (excludes halogenated alkanes) is 13. The largest absolute Gasteiger partial charge is 0.379 e. The lowest BCUT2D eigenvalue weighted by Gasteiger charge is -2.07. The highest BCUT2D eigenvalue weighted by Crippen LogP contribution is 2.12. The van der Waals surface area contributed by atoms with Crippen LogP contribution < -0.4 is 0 Å². The molecule has 0 unspecified atom stereocenters. The first-order chi connectivity index (χ1) is 14.4. The van der Waals surface area contributed by atoms with Gasteiger partial charge < -0.3 is 18.9 Å². The van der Waals surface area contributed by atoms with Crippen molar-refractivity contribution in [2.45, 2.75) is 96.8 Å². The van der Waals surface area contributed by atoms with Gasteiger partial charge in [0, 0.05) is 12.5 Å². The average molecular weight is 437 g/mol. The summed E-state index contributed by atoms with van der Waals surface area (Å²) in [5, 5.41) is 0. The lowest BCUT2D eigenvalue weighted by molar-refractivity contribution is -0.000661. The Morgan fingerprint density at radius 3 is 1.07 bits per heavy atom. The van der Waals surface area contributed by atoms with E-state index in [0.29, 0.717) is 52.1 Å². The van der Waals surface area contributed by atoms with Crippen LogP contribution in [0.5, 0.6) is 0 Å². The standard InChI is InChI=1S/C24H49ClO4/c1-2-3-4-5-6-7-8-9-10-11-12-13-14-15-17-26-19-21-28-23-24-29-22-20-27-18-16-25/h2-24H2,1H3. The maximum atomic E-state index is 5.61. The molecule has 0 bridgehead atoms. The first kappa shape index (κ1) is 29.1. The molecule has 0 heterocycles. The quantitative estimate of drug-likeness (QED) is 0.111. The zero-order valence-corrected chi connectivity index (χ0v) is 20.0. The van der Waals surface area contributed by atoms with Crippen LogP contribution in [0.4, 0.5) is 0 Å². The molecule has 0 amide bonds.